The van der Waals surface area contributed by atoms with E-state index >= 15 is 70.2 Å². The molecule has 4 aromatic carbocycles. The molecule has 2 N–H and O–H groups in total. The van der Waals surface area contributed by atoms with Crippen LogP contribution >= 0.6 is 0 Å². The van der Waals surface area contributed by atoms with Crippen LogP contribution in [-0.4, -0.2) is 24.9 Å². The van der Waals surface area contributed by atoms with Crippen LogP contribution < -0.4 is 0 Å². The van der Waals surface area contributed by atoms with E-state index in [-0.39, 0.29) is 11.2 Å². The van der Waals surface area contributed by atoms with Gasteiger partial charge in [0.25, 0.3) is 0 Å². The highest BCUT2D eigenvalue weighted by atomic mass is 19.2. The lowest BCUT2D eigenvalue weighted by Gasteiger charge is -2.17. The lowest BCUT2D eigenvalue weighted by Crippen LogP contribution is -2.11. The standard InChI is InChI=1S/C44H9F20N5O2/c45-22-16(23(46)31(54)38(61)30(22)53)14-12-6-10-3-1-8(65-10)5-9-2-4-11(66-9)7-13-44(69(70)71)21(19-28(51)36(59)41(64)37(60)29(19)52)43(68-13)20(18-26(49)34(57)40(63)35(58)27(18)50)42(67-12)15(14)17-24(47)32(55)39(62)33(56)25(17)48/h1-7,65,68H. The summed E-state index contributed by atoms with van der Waals surface area (Å²) in [6.07, 6.45) is 2.16. The number of benzene rings is 4. The van der Waals surface area contributed by atoms with Crippen molar-refractivity contribution in [1.29, 1.82) is 0 Å². The Bertz CT molecular complexity index is 3770. The van der Waals surface area contributed by atoms with Crippen LogP contribution in [0.3, 0.4) is 0 Å². The van der Waals surface area contributed by atoms with Gasteiger partial charge in [-0.2, -0.15) is 0 Å². The summed E-state index contributed by atoms with van der Waals surface area (Å²) in [6.45, 7) is 0. The first-order valence-corrected chi connectivity index (χ1v) is 18.8. The Kier molecular flexibility index (Phi) is 11.1. The molecule has 0 unspecified atom stereocenters. The van der Waals surface area contributed by atoms with Crippen molar-refractivity contribution in [2.75, 3.05) is 0 Å². The molecule has 8 bridgehead atoms. The molecule has 0 saturated carbocycles. The smallest absolute Gasteiger partial charge is 0.302 e. The highest BCUT2D eigenvalue weighted by molar-refractivity contribution is 6.13. The van der Waals surface area contributed by atoms with Crippen molar-refractivity contribution in [3.8, 4) is 22.3 Å². The third kappa shape index (κ3) is 6.91. The molecule has 0 aliphatic carbocycles. The zero-order valence-electron chi connectivity index (χ0n) is 33.3. The van der Waals surface area contributed by atoms with Crippen LogP contribution in [0.1, 0.15) is 33.9 Å². The van der Waals surface area contributed by atoms with Gasteiger partial charge in [0.05, 0.1) is 61.0 Å². The summed E-state index contributed by atoms with van der Waals surface area (Å²) in [7, 11) is 0. The molecule has 2 aliphatic rings. The molecule has 3 aromatic heterocycles. The average Bonchev–Trinajstić information content (AvgIpc) is 4.14. The molecule has 0 spiro atoms. The molecule has 0 atom stereocenters. The molecular formula is C44H9F20N5O2. The van der Waals surface area contributed by atoms with Crippen LogP contribution in [0.4, 0.5) is 93.5 Å². The molecule has 7 nitrogen and oxygen atoms in total. The Hall–Kier alpha value is -8.52. The summed E-state index contributed by atoms with van der Waals surface area (Å²) in [5.74, 6) is -61.5. The van der Waals surface area contributed by atoms with E-state index < -0.39 is 205 Å². The van der Waals surface area contributed by atoms with Gasteiger partial charge in [-0.3, -0.25) is 10.1 Å². The van der Waals surface area contributed by atoms with Crippen LogP contribution in [0.5, 0.6) is 0 Å². The number of fused-ring (bicyclic) bond motifs is 8. The van der Waals surface area contributed by atoms with Crippen molar-refractivity contribution in [3.63, 3.8) is 0 Å². The zero-order valence-corrected chi connectivity index (χ0v) is 33.3. The Morgan fingerprint density at radius 1 is 0.380 bits per heavy atom. The van der Waals surface area contributed by atoms with Gasteiger partial charge in [-0.15, -0.1) is 0 Å². The number of aromatic amines is 2. The highest BCUT2D eigenvalue weighted by Crippen LogP contribution is 2.52. The number of H-pyrrole nitrogens is 2. The molecule has 9 rings (SSSR count). The minimum Gasteiger partial charge on any atom is -0.355 e. The predicted molar refractivity (Wildman–Crippen MR) is 205 cm³/mol. The first-order chi connectivity index (χ1) is 33.4. The van der Waals surface area contributed by atoms with Crippen LogP contribution in [0.25, 0.3) is 67.6 Å². The number of halogens is 20. The van der Waals surface area contributed by atoms with Gasteiger partial charge in [0.15, 0.2) is 93.1 Å². The molecule has 362 valence electrons. The van der Waals surface area contributed by atoms with E-state index in [0.29, 0.717) is 12.1 Å². The van der Waals surface area contributed by atoms with Crippen LogP contribution in [0, 0.1) is 126 Å². The lowest BCUT2D eigenvalue weighted by molar-refractivity contribution is -0.382. The molecule has 27 heteroatoms. The summed E-state index contributed by atoms with van der Waals surface area (Å²) >= 11 is 0. The first kappa shape index (κ1) is 47.5. The summed E-state index contributed by atoms with van der Waals surface area (Å²) in [5, 5.41) is 13.1. The largest absolute Gasteiger partial charge is 0.355 e. The molecule has 0 amide bonds. The second kappa shape index (κ2) is 16.6. The Morgan fingerprint density at radius 2 is 0.732 bits per heavy atom. The Morgan fingerprint density at radius 3 is 1.15 bits per heavy atom. The third-order valence-electron chi connectivity index (χ3n) is 10.8. The van der Waals surface area contributed by atoms with E-state index in [0.717, 1.165) is 30.4 Å². The molecule has 5 heterocycles. The summed E-state index contributed by atoms with van der Waals surface area (Å²) in [6, 6.07) is 4.07. The minimum atomic E-state index is -3.16. The van der Waals surface area contributed by atoms with Crippen molar-refractivity contribution in [2.24, 2.45) is 0 Å². The number of hydrogen-bond acceptors (Lipinski definition) is 4. The van der Waals surface area contributed by atoms with Gasteiger partial charge >= 0.3 is 5.69 Å². The molecule has 2 aliphatic heterocycles. The molecule has 0 saturated heterocycles. The van der Waals surface area contributed by atoms with Crippen molar-refractivity contribution in [1.82, 2.24) is 19.9 Å². The third-order valence-corrected chi connectivity index (χ3v) is 10.8. The SMILES string of the molecule is O=[N+]([O-])c1c(-c2c(F)c(F)c(F)c(F)c2F)c2[nH]c1cc1nc(cc3ccc(cc4nc(c2-c2c(F)c(F)c(F)c(F)c2F)C(c2c(F)c(F)c(F)c(F)c2F)=C4c2c(F)c(F)c(F)c(F)c2F)[nH]3)C=C1. The van der Waals surface area contributed by atoms with Crippen molar-refractivity contribution < 1.29 is 92.7 Å². The Balaban J connectivity index is 1.74. The lowest BCUT2D eigenvalue weighted by atomic mass is 9.87. The number of nitro groups is 1. The van der Waals surface area contributed by atoms with E-state index in [1.54, 1.807) is 0 Å². The highest BCUT2D eigenvalue weighted by Gasteiger charge is 2.43. The van der Waals surface area contributed by atoms with Gasteiger partial charge < -0.3 is 9.97 Å². The predicted octanol–water partition coefficient (Wildman–Crippen LogP) is 13.5. The van der Waals surface area contributed by atoms with E-state index in [1.165, 1.54) is 0 Å². The van der Waals surface area contributed by atoms with Gasteiger partial charge in [0.1, 0.15) is 5.52 Å². The molecular weight excluding hydrogens is 1010 g/mol. The van der Waals surface area contributed by atoms with Gasteiger partial charge in [0, 0.05) is 27.7 Å². The number of nitrogens with one attached hydrogen (secondary N) is 2. The van der Waals surface area contributed by atoms with E-state index in [2.05, 4.69) is 15.0 Å². The van der Waals surface area contributed by atoms with Crippen LogP contribution in [-0.2, 0) is 0 Å². The van der Waals surface area contributed by atoms with Crippen molar-refractivity contribution >= 4 is 51.1 Å². The van der Waals surface area contributed by atoms with Gasteiger partial charge in [-0.05, 0) is 42.5 Å². The fraction of sp³-hybridized carbons (Fsp3) is 0. The van der Waals surface area contributed by atoms with E-state index in [1.807, 2.05) is 4.98 Å². The average molecular weight is 1020 g/mol. The van der Waals surface area contributed by atoms with E-state index in [4.69, 9.17) is 0 Å². The first-order valence-electron chi connectivity index (χ1n) is 18.8. The van der Waals surface area contributed by atoms with Gasteiger partial charge in [0.2, 0.25) is 23.3 Å². The second-order valence-corrected chi connectivity index (χ2v) is 14.7. The fourth-order valence-corrected chi connectivity index (χ4v) is 7.76. The topological polar surface area (TPSA) is 100 Å². The fourth-order valence-electron chi connectivity index (χ4n) is 7.76. The van der Waals surface area contributed by atoms with Crippen molar-refractivity contribution in [2.45, 2.75) is 0 Å². The summed E-state index contributed by atoms with van der Waals surface area (Å²) in [5.41, 5.74) is -30.2. The molecule has 0 radical (unpaired) electrons. The van der Waals surface area contributed by atoms with Gasteiger partial charge in [-0.1, -0.05) is 0 Å². The summed E-state index contributed by atoms with van der Waals surface area (Å²) < 4.78 is 312. The maximum atomic E-state index is 16.6. The maximum absolute atomic E-state index is 16.6. The van der Waals surface area contributed by atoms with Crippen molar-refractivity contribution in [3.05, 3.63) is 191 Å². The van der Waals surface area contributed by atoms with Crippen LogP contribution in [0.15, 0.2) is 30.3 Å². The Labute approximate surface area is 376 Å². The minimum absolute atomic E-state index is 0.0899. The number of nitrogens with zero attached hydrogens (tertiary/aromatic N) is 3. The zero-order chi connectivity index (χ0) is 51.7. The van der Waals surface area contributed by atoms with E-state index in [9.17, 15) is 27.7 Å². The monoisotopic (exact) mass is 1020 g/mol. The number of hydrogen-bond donors (Lipinski definition) is 2. The normalized spacial score (nSPS) is 12.5. The number of rotatable bonds is 5. The van der Waals surface area contributed by atoms with Crippen LogP contribution in [0.2, 0.25) is 0 Å². The molecule has 71 heavy (non-hydrogen) atoms. The molecule has 7 aromatic rings. The maximum Gasteiger partial charge on any atom is 0.302 e. The van der Waals surface area contributed by atoms with Gasteiger partial charge in [-0.25, -0.2) is 97.8 Å². The molecule has 0 fully saturated rings. The number of aromatic nitrogens is 4. The quantitative estimate of drug-likeness (QED) is 0.0590. The summed E-state index contributed by atoms with van der Waals surface area (Å²) in [4.78, 5) is 23.5. The second-order valence-electron chi connectivity index (χ2n) is 14.7.